The predicted molar refractivity (Wildman–Crippen MR) is 126 cm³/mol. The van der Waals surface area contributed by atoms with Crippen LogP contribution in [0.25, 0.3) is 0 Å². The van der Waals surface area contributed by atoms with Crippen molar-refractivity contribution in [1.82, 2.24) is 4.90 Å². The molecule has 4 rings (SSSR count). The van der Waals surface area contributed by atoms with Gasteiger partial charge >= 0.3 is 0 Å². The number of hydrogen-bond acceptors (Lipinski definition) is 6. The van der Waals surface area contributed by atoms with Crippen LogP contribution in [0.15, 0.2) is 42.5 Å². The molecule has 0 saturated carbocycles. The van der Waals surface area contributed by atoms with Crippen molar-refractivity contribution < 1.29 is 24.4 Å². The van der Waals surface area contributed by atoms with Crippen molar-refractivity contribution in [2.75, 3.05) is 44.2 Å². The molecule has 0 aliphatic carbocycles. The Labute approximate surface area is 199 Å². The van der Waals surface area contributed by atoms with E-state index in [-0.39, 0.29) is 23.9 Å². The van der Waals surface area contributed by atoms with Gasteiger partial charge in [-0.3, -0.25) is 4.90 Å². The Morgan fingerprint density at radius 3 is 2.45 bits per heavy atom. The van der Waals surface area contributed by atoms with E-state index in [9.17, 15) is 19.7 Å². The van der Waals surface area contributed by atoms with Crippen molar-refractivity contribution in [3.63, 3.8) is 0 Å². The first kappa shape index (κ1) is 24.2. The molecule has 2 aliphatic rings. The molecule has 2 atom stereocenters. The third kappa shape index (κ3) is 5.78. The summed E-state index contributed by atoms with van der Waals surface area (Å²) in [6.07, 6.45) is 0.641. The average Bonchev–Trinajstić information content (AvgIpc) is 2.78. The van der Waals surface area contributed by atoms with Gasteiger partial charge in [0.25, 0.3) is 0 Å². The maximum Gasteiger partial charge on any atom is 0.145 e. The molecule has 0 amide bonds. The van der Waals surface area contributed by atoms with Crippen LogP contribution in [0.1, 0.15) is 24.8 Å². The minimum atomic E-state index is -1.52. The second-order valence-electron chi connectivity index (χ2n) is 9.53. The van der Waals surface area contributed by atoms with Gasteiger partial charge in [0, 0.05) is 44.5 Å². The molecular formula is C25H32ClFN2O4. The number of halogens is 2. The summed E-state index contributed by atoms with van der Waals surface area (Å²) < 4.78 is 19.3. The zero-order chi connectivity index (χ0) is 23.6. The quantitative estimate of drug-likeness (QED) is 0.592. The summed E-state index contributed by atoms with van der Waals surface area (Å²) >= 11 is 5.70. The molecule has 3 N–H and O–H groups in total. The van der Waals surface area contributed by atoms with E-state index in [0.717, 1.165) is 24.8 Å². The Bertz CT molecular complexity index is 952. The molecule has 2 saturated heterocycles. The second kappa shape index (κ2) is 9.76. The number of piperidine rings is 2. The number of aliphatic hydroxyl groups excluding tert-OH is 1. The molecule has 2 aliphatic heterocycles. The number of benzene rings is 2. The van der Waals surface area contributed by atoms with Gasteiger partial charge in [-0.1, -0.05) is 29.3 Å². The van der Waals surface area contributed by atoms with Crippen LogP contribution in [0.4, 0.5) is 10.1 Å². The minimum Gasteiger partial charge on any atom is -0.490 e. The van der Waals surface area contributed by atoms with Gasteiger partial charge in [-0.05, 0) is 50.5 Å². The average molecular weight is 479 g/mol. The Morgan fingerprint density at radius 2 is 1.79 bits per heavy atom. The second-order valence-corrected chi connectivity index (χ2v) is 9.94. The van der Waals surface area contributed by atoms with E-state index in [2.05, 4.69) is 36.1 Å². The monoisotopic (exact) mass is 478 g/mol. The van der Waals surface area contributed by atoms with Gasteiger partial charge in [0.1, 0.15) is 23.8 Å². The van der Waals surface area contributed by atoms with Crippen molar-refractivity contribution in [2.24, 2.45) is 0 Å². The van der Waals surface area contributed by atoms with Crippen LogP contribution in [0, 0.1) is 12.7 Å². The fourth-order valence-electron chi connectivity index (χ4n) is 4.71. The summed E-state index contributed by atoms with van der Waals surface area (Å²) in [4.78, 5) is 4.27. The van der Waals surface area contributed by atoms with E-state index in [1.54, 1.807) is 0 Å². The third-order valence-corrected chi connectivity index (χ3v) is 7.13. The Hall–Kier alpha value is -1.90. The van der Waals surface area contributed by atoms with Gasteiger partial charge < -0.3 is 25.0 Å². The molecule has 0 bridgehead atoms. The van der Waals surface area contributed by atoms with E-state index in [1.807, 2.05) is 4.90 Å². The summed E-state index contributed by atoms with van der Waals surface area (Å²) in [5.41, 5.74) is 0.00357. The van der Waals surface area contributed by atoms with Crippen LogP contribution in [0.5, 0.6) is 5.75 Å². The zero-order valence-corrected chi connectivity index (χ0v) is 19.6. The third-order valence-electron chi connectivity index (χ3n) is 6.83. The number of hydrogen-bond donors (Lipinski definition) is 3. The van der Waals surface area contributed by atoms with Crippen molar-refractivity contribution in [2.45, 2.75) is 43.5 Å². The SMILES string of the molecule is Cc1ccc(N2CCC(O)(CN3CC[C@H](O)[C@@](O)(COc4ccc(Cl)c(F)c4)C3)CC2)cc1. The highest BCUT2D eigenvalue weighted by Crippen LogP contribution is 2.31. The van der Waals surface area contributed by atoms with Crippen LogP contribution >= 0.6 is 11.6 Å². The normalized spacial score (nSPS) is 25.8. The standard InChI is InChI=1S/C25H32ClFN2O4/c1-18-2-4-19(5-3-18)29-12-9-24(31,10-13-29)15-28-11-8-23(30)25(32,16-28)17-33-20-6-7-21(26)22(27)14-20/h2-7,14,23,30-32H,8-13,15-17H2,1H3/t23-,25-/m0/s1. The first-order chi connectivity index (χ1) is 15.7. The predicted octanol–water partition coefficient (Wildman–Crippen LogP) is 3.00. The van der Waals surface area contributed by atoms with E-state index < -0.39 is 23.1 Å². The van der Waals surface area contributed by atoms with Crippen molar-refractivity contribution in [1.29, 1.82) is 0 Å². The lowest BCUT2D eigenvalue weighted by Gasteiger charge is -2.46. The minimum absolute atomic E-state index is 0.00777. The summed E-state index contributed by atoms with van der Waals surface area (Å²) in [6, 6.07) is 12.5. The van der Waals surface area contributed by atoms with Crippen LogP contribution in [-0.2, 0) is 0 Å². The molecule has 0 spiro atoms. The summed E-state index contributed by atoms with van der Waals surface area (Å²) in [5.74, 6) is -0.372. The summed E-state index contributed by atoms with van der Waals surface area (Å²) in [7, 11) is 0. The number of nitrogens with zero attached hydrogens (tertiary/aromatic N) is 2. The molecule has 0 radical (unpaired) electrons. The van der Waals surface area contributed by atoms with Gasteiger partial charge in [-0.2, -0.15) is 0 Å². The first-order valence-electron chi connectivity index (χ1n) is 11.4. The van der Waals surface area contributed by atoms with Gasteiger partial charge in [0.15, 0.2) is 0 Å². The molecule has 33 heavy (non-hydrogen) atoms. The molecule has 2 aromatic rings. The molecule has 2 fully saturated rings. The Balaban J connectivity index is 1.33. The van der Waals surface area contributed by atoms with Gasteiger partial charge in [-0.25, -0.2) is 4.39 Å². The summed E-state index contributed by atoms with van der Waals surface area (Å²) in [6.45, 7) is 4.54. The van der Waals surface area contributed by atoms with Crippen molar-refractivity contribution >= 4 is 17.3 Å². The van der Waals surface area contributed by atoms with E-state index in [1.165, 1.54) is 17.7 Å². The number of anilines is 1. The molecule has 8 heteroatoms. The van der Waals surface area contributed by atoms with Gasteiger partial charge in [0.05, 0.1) is 16.7 Å². The smallest absolute Gasteiger partial charge is 0.145 e. The van der Waals surface area contributed by atoms with Gasteiger partial charge in [0.2, 0.25) is 0 Å². The fourth-order valence-corrected chi connectivity index (χ4v) is 4.83. The van der Waals surface area contributed by atoms with Crippen LogP contribution in [0.2, 0.25) is 5.02 Å². The number of aliphatic hydroxyl groups is 3. The number of β-amino-alcohol motifs (C(OH)–C–C–N with tert-alkyl or cyclic N) is 2. The lowest BCUT2D eigenvalue weighted by atomic mass is 9.86. The van der Waals surface area contributed by atoms with Crippen LogP contribution < -0.4 is 9.64 Å². The Kier molecular flexibility index (Phi) is 7.17. The number of aryl methyl sites for hydroxylation is 1. The van der Waals surface area contributed by atoms with E-state index in [4.69, 9.17) is 16.3 Å². The van der Waals surface area contributed by atoms with Crippen LogP contribution in [-0.4, -0.2) is 76.9 Å². The number of rotatable bonds is 6. The molecule has 0 unspecified atom stereocenters. The molecule has 2 heterocycles. The van der Waals surface area contributed by atoms with Gasteiger partial charge in [-0.15, -0.1) is 0 Å². The molecule has 180 valence electrons. The lowest BCUT2D eigenvalue weighted by Crippen LogP contribution is -2.62. The largest absolute Gasteiger partial charge is 0.490 e. The molecule has 2 aromatic carbocycles. The highest BCUT2D eigenvalue weighted by atomic mass is 35.5. The number of ether oxygens (including phenoxy) is 1. The van der Waals surface area contributed by atoms with Crippen molar-refractivity contribution in [3.8, 4) is 5.75 Å². The molecule has 0 aromatic heterocycles. The zero-order valence-electron chi connectivity index (χ0n) is 18.9. The van der Waals surface area contributed by atoms with Crippen molar-refractivity contribution in [3.05, 3.63) is 58.9 Å². The maximum atomic E-state index is 13.7. The van der Waals surface area contributed by atoms with Crippen LogP contribution in [0.3, 0.4) is 0 Å². The highest BCUT2D eigenvalue weighted by Gasteiger charge is 2.44. The topological polar surface area (TPSA) is 76.4 Å². The number of likely N-dealkylation sites (tertiary alicyclic amines) is 1. The molecular weight excluding hydrogens is 447 g/mol. The van der Waals surface area contributed by atoms with E-state index in [0.29, 0.717) is 32.4 Å². The highest BCUT2D eigenvalue weighted by molar-refractivity contribution is 6.30. The molecule has 6 nitrogen and oxygen atoms in total. The Morgan fingerprint density at radius 1 is 1.09 bits per heavy atom. The lowest BCUT2D eigenvalue weighted by molar-refractivity contribution is -0.149. The first-order valence-corrected chi connectivity index (χ1v) is 11.8. The summed E-state index contributed by atoms with van der Waals surface area (Å²) in [5, 5.41) is 32.8. The fraction of sp³-hybridized carbons (Fsp3) is 0.520. The maximum absolute atomic E-state index is 13.7. The van der Waals surface area contributed by atoms with E-state index >= 15 is 0 Å².